The maximum atomic E-state index is 14.1. The summed E-state index contributed by atoms with van der Waals surface area (Å²) in [4.78, 5) is 50.4. The number of hydrogen-bond acceptors (Lipinski definition) is 13. The fraction of sp³-hybridized carbons (Fsp3) is 0.553. The third-order valence-electron chi connectivity index (χ3n) is 12.5. The molecule has 2 aliphatic heterocycles. The lowest BCUT2D eigenvalue weighted by Gasteiger charge is -2.31. The van der Waals surface area contributed by atoms with Crippen molar-refractivity contribution in [1.29, 1.82) is 0 Å². The van der Waals surface area contributed by atoms with E-state index in [1.165, 1.54) is 0 Å². The number of carboxylic acid groups (broad SMARTS) is 1. The van der Waals surface area contributed by atoms with Crippen LogP contribution in [0.4, 0.5) is 0 Å². The summed E-state index contributed by atoms with van der Waals surface area (Å²) in [5, 5.41) is 12.4. The van der Waals surface area contributed by atoms with E-state index >= 15 is 0 Å². The lowest BCUT2D eigenvalue weighted by Crippen LogP contribution is -2.36. The van der Waals surface area contributed by atoms with E-state index in [-0.39, 0.29) is 51.4 Å². The smallest absolute Gasteiger partial charge is 0.349 e. The summed E-state index contributed by atoms with van der Waals surface area (Å²) in [5.74, 6) is -1.15. The van der Waals surface area contributed by atoms with E-state index in [2.05, 4.69) is 53.9 Å². The second-order valence-electron chi connectivity index (χ2n) is 16.0. The molecular formula is C47H62Cl2N4O10. The minimum absolute atomic E-state index is 0.0163. The average Bonchev–Trinajstić information content (AvgIpc) is 3.27. The molecule has 0 spiro atoms. The van der Waals surface area contributed by atoms with E-state index in [1.807, 2.05) is 13.0 Å². The van der Waals surface area contributed by atoms with Gasteiger partial charge in [0.1, 0.15) is 28.2 Å². The summed E-state index contributed by atoms with van der Waals surface area (Å²) in [6.45, 7) is 25.2. The Labute approximate surface area is 379 Å². The zero-order valence-corrected chi connectivity index (χ0v) is 39.1. The Bertz CT molecular complexity index is 2380. The molecule has 0 amide bonds. The van der Waals surface area contributed by atoms with Gasteiger partial charge < -0.3 is 42.7 Å². The molecule has 1 atom stereocenters. The Morgan fingerprint density at radius 2 is 1.30 bits per heavy atom. The monoisotopic (exact) mass is 912 g/mol. The first-order valence-electron chi connectivity index (χ1n) is 22.1. The Hall–Kier alpha value is -3.99. The fourth-order valence-corrected chi connectivity index (χ4v) is 9.31. The number of likely N-dealkylation sites (N-methyl/N-ethyl adjacent to an activating group) is 2. The Morgan fingerprint density at radius 1 is 0.794 bits per heavy atom. The van der Waals surface area contributed by atoms with Gasteiger partial charge in [-0.3, -0.25) is 9.80 Å². The number of nitrogens with zero attached hydrogens (tertiary/aromatic N) is 4. The van der Waals surface area contributed by atoms with Crippen molar-refractivity contribution in [3.63, 3.8) is 0 Å². The molecule has 4 heterocycles. The van der Waals surface area contributed by atoms with Gasteiger partial charge in [-0.25, -0.2) is 14.4 Å². The van der Waals surface area contributed by atoms with Gasteiger partial charge in [-0.1, -0.05) is 63.6 Å². The topological polar surface area (TPSA) is 148 Å². The number of aliphatic carboxylic acids is 1. The van der Waals surface area contributed by atoms with E-state index in [0.717, 1.165) is 31.7 Å². The molecule has 0 saturated carbocycles. The quantitative estimate of drug-likeness (QED) is 0.0674. The number of morpholine rings is 2. The summed E-state index contributed by atoms with van der Waals surface area (Å²) < 4.78 is 36.6. The van der Waals surface area contributed by atoms with Gasteiger partial charge >= 0.3 is 17.2 Å². The van der Waals surface area contributed by atoms with Gasteiger partial charge in [0.25, 0.3) is 0 Å². The highest BCUT2D eigenvalue weighted by atomic mass is 35.5. The number of fused-ring (bicyclic) bond motifs is 2. The molecule has 2 aliphatic rings. The van der Waals surface area contributed by atoms with Gasteiger partial charge in [0.2, 0.25) is 6.10 Å². The van der Waals surface area contributed by atoms with Crippen LogP contribution in [-0.2, 0) is 40.2 Å². The molecule has 2 aromatic carbocycles. The van der Waals surface area contributed by atoms with Crippen LogP contribution in [0, 0.1) is 13.8 Å². The second kappa shape index (κ2) is 22.3. The predicted molar refractivity (Wildman–Crippen MR) is 246 cm³/mol. The number of aryl methyl sites for hydroxylation is 2. The molecule has 14 nitrogen and oxygen atoms in total. The van der Waals surface area contributed by atoms with Crippen LogP contribution in [0.1, 0.15) is 72.7 Å². The third kappa shape index (κ3) is 10.8. The van der Waals surface area contributed by atoms with Crippen molar-refractivity contribution in [3.05, 3.63) is 88.6 Å². The fourth-order valence-electron chi connectivity index (χ4n) is 8.70. The Morgan fingerprint density at radius 3 is 1.83 bits per heavy atom. The highest BCUT2D eigenvalue weighted by Crippen LogP contribution is 2.47. The molecule has 4 aromatic rings. The molecule has 16 heteroatoms. The molecule has 1 N–H and O–H groups in total. The number of carbonyl (C=O) groups is 1. The number of carboxylic acids is 1. The number of halogens is 2. The molecule has 344 valence electrons. The van der Waals surface area contributed by atoms with E-state index in [4.69, 9.17) is 51.0 Å². The van der Waals surface area contributed by atoms with Crippen molar-refractivity contribution >= 4 is 51.1 Å². The largest absolute Gasteiger partial charge is 0.487 e. The van der Waals surface area contributed by atoms with E-state index in [0.29, 0.717) is 124 Å². The summed E-state index contributed by atoms with van der Waals surface area (Å²) in [6, 6.07) is 1.90. The molecule has 2 saturated heterocycles. The molecule has 0 radical (unpaired) electrons. The van der Waals surface area contributed by atoms with Gasteiger partial charge in [-0.2, -0.15) is 0 Å². The van der Waals surface area contributed by atoms with Crippen LogP contribution in [0.15, 0.2) is 37.1 Å². The summed E-state index contributed by atoms with van der Waals surface area (Å²) in [7, 11) is 0. The van der Waals surface area contributed by atoms with E-state index < -0.39 is 23.3 Å². The number of benzene rings is 2. The van der Waals surface area contributed by atoms with Crippen LogP contribution >= 0.6 is 23.2 Å². The zero-order chi connectivity index (χ0) is 45.4. The van der Waals surface area contributed by atoms with Gasteiger partial charge in [0.15, 0.2) is 11.2 Å². The van der Waals surface area contributed by atoms with Crippen LogP contribution in [0.25, 0.3) is 21.9 Å². The maximum absolute atomic E-state index is 14.1. The molecule has 63 heavy (non-hydrogen) atoms. The first-order valence-corrected chi connectivity index (χ1v) is 22.9. The molecule has 0 aliphatic carbocycles. The first-order chi connectivity index (χ1) is 30.4. The molecule has 2 fully saturated rings. The number of hydrogen-bond donors (Lipinski definition) is 1. The molecular weight excluding hydrogens is 851 g/mol. The highest BCUT2D eigenvalue weighted by Gasteiger charge is 2.37. The molecule has 0 bridgehead atoms. The summed E-state index contributed by atoms with van der Waals surface area (Å²) >= 11 is 14.5. The van der Waals surface area contributed by atoms with Crippen LogP contribution in [0.3, 0.4) is 0 Å². The van der Waals surface area contributed by atoms with E-state index in [9.17, 15) is 19.5 Å². The predicted octanol–water partition coefficient (Wildman–Crippen LogP) is 7.03. The van der Waals surface area contributed by atoms with Crippen LogP contribution in [-0.4, -0.2) is 129 Å². The van der Waals surface area contributed by atoms with Crippen molar-refractivity contribution in [1.82, 2.24) is 19.6 Å². The summed E-state index contributed by atoms with van der Waals surface area (Å²) in [6.07, 6.45) is 0.636. The minimum Gasteiger partial charge on any atom is -0.487 e. The maximum Gasteiger partial charge on any atom is 0.349 e. The van der Waals surface area contributed by atoms with Crippen LogP contribution in [0.5, 0.6) is 11.5 Å². The van der Waals surface area contributed by atoms with Crippen molar-refractivity contribution < 1.29 is 37.7 Å². The third-order valence-corrected chi connectivity index (χ3v) is 13.2. The number of ether oxygens (including phenoxy) is 4. The lowest BCUT2D eigenvalue weighted by molar-refractivity contribution is -0.145. The van der Waals surface area contributed by atoms with Crippen LogP contribution in [0.2, 0.25) is 10.0 Å². The normalized spacial score (nSPS) is 15.8. The highest BCUT2D eigenvalue weighted by molar-refractivity contribution is 6.37. The van der Waals surface area contributed by atoms with Crippen molar-refractivity contribution in [2.24, 2.45) is 0 Å². The molecule has 2 aromatic heterocycles. The van der Waals surface area contributed by atoms with Crippen LogP contribution < -0.4 is 20.7 Å². The molecule has 6 rings (SSSR count). The van der Waals surface area contributed by atoms with Crippen molar-refractivity contribution in [2.45, 2.75) is 73.6 Å². The second-order valence-corrected chi connectivity index (χ2v) is 16.8. The van der Waals surface area contributed by atoms with Gasteiger partial charge in [0.05, 0.1) is 26.4 Å². The van der Waals surface area contributed by atoms with Crippen molar-refractivity contribution in [2.75, 3.05) is 98.5 Å². The first kappa shape index (κ1) is 48.5. The van der Waals surface area contributed by atoms with Crippen molar-refractivity contribution in [3.8, 4) is 11.5 Å². The van der Waals surface area contributed by atoms with E-state index in [1.54, 1.807) is 13.0 Å². The zero-order valence-electron chi connectivity index (χ0n) is 37.5. The average molecular weight is 914 g/mol. The van der Waals surface area contributed by atoms with Gasteiger partial charge in [0, 0.05) is 90.9 Å². The van der Waals surface area contributed by atoms with Gasteiger partial charge in [-0.05, 0) is 70.1 Å². The SMILES string of the molecule is C=CCOc1c(CN2CCOCC2)c(C(Oc2c(CN3CCOCC3)cc3c(C)c(CCN(CC)CC)c(=O)oc3c2Cl)C(=O)O)c2c(C)c(CCN(CC)CC)c(=O)oc2c1Cl. The molecule has 1 unspecified atom stereocenters. The lowest BCUT2D eigenvalue weighted by atomic mass is 9.91. The number of rotatable bonds is 21. The Balaban J connectivity index is 1.63. The summed E-state index contributed by atoms with van der Waals surface area (Å²) in [5.41, 5.74) is 2.47. The standard InChI is InChI=1S/C47H62Cl2N4O10/c1-8-21-60-41-35(28-53-19-24-59-25-20-53)37(36-30(7)33(14-16-51(11-4)12-5)47(57)63-43(36)39(41)49)44(45(54)55)61-40-31(27-52-17-22-58-23-18-52)26-34-29(6)32(13-15-50(9-2)10-3)46(56)62-42(34)38(40)48/h8,26,44H,1,9-25,27-28H2,2-7H3,(H,54,55). The minimum atomic E-state index is -1.76. The van der Waals surface area contributed by atoms with Gasteiger partial charge in [-0.15, -0.1) is 0 Å². The Kier molecular flexibility index (Phi) is 17.1.